The van der Waals surface area contributed by atoms with E-state index in [1.165, 1.54) is 35.9 Å². The Balaban J connectivity index is 1.72. The number of anilines is 2. The van der Waals surface area contributed by atoms with Crippen LogP contribution >= 0.6 is 11.8 Å². The number of nitrogens with zero attached hydrogens (tertiary/aromatic N) is 1. The number of sulfone groups is 1. The van der Waals surface area contributed by atoms with Crippen LogP contribution in [0.2, 0.25) is 0 Å². The third-order valence-electron chi connectivity index (χ3n) is 4.65. The lowest BCUT2D eigenvalue weighted by Crippen LogP contribution is -2.28. The zero-order valence-electron chi connectivity index (χ0n) is 16.3. The Morgan fingerprint density at radius 2 is 1.97 bits per heavy atom. The van der Waals surface area contributed by atoms with E-state index in [0.29, 0.717) is 17.1 Å². The molecule has 1 atom stereocenters. The Morgan fingerprint density at radius 3 is 2.69 bits per heavy atom. The number of benzene rings is 2. The van der Waals surface area contributed by atoms with Gasteiger partial charge in [0, 0.05) is 18.4 Å². The number of thioether (sulfide) groups is 1. The minimum atomic E-state index is -3.69. The van der Waals surface area contributed by atoms with E-state index in [4.69, 9.17) is 4.74 Å². The summed E-state index contributed by atoms with van der Waals surface area (Å²) in [5.74, 6) is -0.301. The zero-order chi connectivity index (χ0) is 21.2. The highest BCUT2D eigenvalue weighted by Crippen LogP contribution is 2.37. The number of rotatable bonds is 6. The van der Waals surface area contributed by atoms with Crippen molar-refractivity contribution in [2.45, 2.75) is 28.4 Å². The molecule has 1 aliphatic heterocycles. The first-order valence-corrected chi connectivity index (χ1v) is 11.5. The smallest absolute Gasteiger partial charge is 0.237 e. The number of amides is 2. The van der Waals surface area contributed by atoms with Crippen molar-refractivity contribution in [1.82, 2.24) is 0 Å². The summed E-state index contributed by atoms with van der Waals surface area (Å²) in [6.07, 6.45) is -0.174. The molecule has 0 saturated carbocycles. The van der Waals surface area contributed by atoms with Gasteiger partial charge in [-0.25, -0.2) is 8.42 Å². The Bertz CT molecular complexity index is 1050. The summed E-state index contributed by atoms with van der Waals surface area (Å²) < 4.78 is 30.7. The summed E-state index contributed by atoms with van der Waals surface area (Å²) in [7, 11) is -0.598. The fourth-order valence-corrected chi connectivity index (χ4v) is 5.11. The van der Waals surface area contributed by atoms with Gasteiger partial charge in [0.1, 0.15) is 5.75 Å². The molecule has 0 aromatic heterocycles. The van der Waals surface area contributed by atoms with Crippen molar-refractivity contribution < 1.29 is 22.7 Å². The van der Waals surface area contributed by atoms with Crippen molar-refractivity contribution in [3.63, 3.8) is 0 Å². The number of ether oxygens (including phenoxy) is 1. The van der Waals surface area contributed by atoms with E-state index >= 15 is 0 Å². The molecule has 1 N–H and O–H groups in total. The van der Waals surface area contributed by atoms with Crippen LogP contribution in [-0.4, -0.2) is 45.4 Å². The highest BCUT2D eigenvalue weighted by atomic mass is 32.2. The molecule has 0 bridgehead atoms. The highest BCUT2D eigenvalue weighted by Gasteiger charge is 2.26. The minimum Gasteiger partial charge on any atom is -0.495 e. The van der Waals surface area contributed by atoms with Crippen molar-refractivity contribution in [3.8, 4) is 5.75 Å². The first-order valence-electron chi connectivity index (χ1n) is 8.97. The van der Waals surface area contributed by atoms with Crippen LogP contribution in [0.5, 0.6) is 5.75 Å². The largest absolute Gasteiger partial charge is 0.495 e. The summed E-state index contributed by atoms with van der Waals surface area (Å²) >= 11 is 1.38. The fraction of sp³-hybridized carbons (Fsp3) is 0.300. The van der Waals surface area contributed by atoms with E-state index in [9.17, 15) is 18.0 Å². The number of fused-ring (bicyclic) bond motifs is 1. The predicted molar refractivity (Wildman–Crippen MR) is 113 cm³/mol. The SMILES string of the molecule is COc1ccccc1N(C)C(=O)CCS(=O)(=O)c1ccc2c(c1)NC(=O)[C@@H](C)S2. The molecule has 9 heteroatoms. The molecule has 0 radical (unpaired) electrons. The van der Waals surface area contributed by atoms with Gasteiger partial charge < -0.3 is 15.0 Å². The van der Waals surface area contributed by atoms with Gasteiger partial charge in [0.25, 0.3) is 0 Å². The third kappa shape index (κ3) is 4.56. The van der Waals surface area contributed by atoms with Gasteiger partial charge in [-0.2, -0.15) is 0 Å². The lowest BCUT2D eigenvalue weighted by molar-refractivity contribution is -0.118. The van der Waals surface area contributed by atoms with Gasteiger partial charge in [-0.1, -0.05) is 12.1 Å². The van der Waals surface area contributed by atoms with Crippen LogP contribution in [0.15, 0.2) is 52.3 Å². The molecule has 0 aliphatic carbocycles. The zero-order valence-corrected chi connectivity index (χ0v) is 18.0. The van der Waals surface area contributed by atoms with Gasteiger partial charge in [-0.05, 0) is 37.3 Å². The number of hydrogen-bond acceptors (Lipinski definition) is 6. The van der Waals surface area contributed by atoms with Gasteiger partial charge in [-0.15, -0.1) is 11.8 Å². The van der Waals surface area contributed by atoms with Crippen molar-refractivity contribution >= 4 is 44.8 Å². The van der Waals surface area contributed by atoms with Gasteiger partial charge in [0.15, 0.2) is 9.84 Å². The number of para-hydroxylation sites is 2. The average molecular weight is 435 g/mol. The highest BCUT2D eigenvalue weighted by molar-refractivity contribution is 8.01. The molecule has 2 amide bonds. The maximum absolute atomic E-state index is 12.7. The minimum absolute atomic E-state index is 0.0828. The van der Waals surface area contributed by atoms with Crippen molar-refractivity contribution in [3.05, 3.63) is 42.5 Å². The van der Waals surface area contributed by atoms with Crippen molar-refractivity contribution in [1.29, 1.82) is 0 Å². The molecule has 7 nitrogen and oxygen atoms in total. The molecule has 0 unspecified atom stereocenters. The molecular formula is C20H22N2O5S2. The Hall–Kier alpha value is -2.52. The Kier molecular flexibility index (Phi) is 6.18. The molecule has 2 aromatic rings. The predicted octanol–water partition coefficient (Wildman–Crippen LogP) is 2.95. The van der Waals surface area contributed by atoms with Gasteiger partial charge in [0.05, 0.1) is 34.4 Å². The fourth-order valence-electron chi connectivity index (χ4n) is 2.93. The van der Waals surface area contributed by atoms with Gasteiger partial charge >= 0.3 is 0 Å². The first kappa shape index (κ1) is 21.2. The van der Waals surface area contributed by atoms with E-state index in [0.717, 1.165) is 4.90 Å². The molecule has 0 spiro atoms. The Labute approximate surface area is 174 Å². The Morgan fingerprint density at radius 1 is 1.24 bits per heavy atom. The van der Waals surface area contributed by atoms with Gasteiger partial charge in [0.2, 0.25) is 11.8 Å². The van der Waals surface area contributed by atoms with E-state index in [1.54, 1.807) is 44.3 Å². The van der Waals surface area contributed by atoms with Crippen LogP contribution in [-0.2, 0) is 19.4 Å². The van der Waals surface area contributed by atoms with Crippen LogP contribution in [0.25, 0.3) is 0 Å². The van der Waals surface area contributed by atoms with Crippen LogP contribution in [0.3, 0.4) is 0 Å². The van der Waals surface area contributed by atoms with Crippen LogP contribution in [0.1, 0.15) is 13.3 Å². The summed E-state index contributed by atoms with van der Waals surface area (Å²) in [6, 6.07) is 11.7. The van der Waals surface area contributed by atoms with Crippen LogP contribution in [0, 0.1) is 0 Å². The second-order valence-corrected chi connectivity index (χ2v) is 10.1. The molecule has 3 rings (SSSR count). The standard InChI is InChI=1S/C20H22N2O5S2/c1-13-20(24)21-15-12-14(8-9-18(15)28-13)29(25,26)11-10-19(23)22(2)16-6-4-5-7-17(16)27-3/h4-9,12-13H,10-11H2,1-3H3,(H,21,24)/t13-/m1/s1. The van der Waals surface area contributed by atoms with E-state index in [-0.39, 0.29) is 34.1 Å². The molecule has 1 aliphatic rings. The second kappa shape index (κ2) is 8.46. The quantitative estimate of drug-likeness (QED) is 0.751. The van der Waals surface area contributed by atoms with E-state index in [2.05, 4.69) is 5.32 Å². The van der Waals surface area contributed by atoms with Crippen LogP contribution < -0.4 is 15.0 Å². The van der Waals surface area contributed by atoms with Crippen LogP contribution in [0.4, 0.5) is 11.4 Å². The normalized spacial score (nSPS) is 16.0. The third-order valence-corrected chi connectivity index (χ3v) is 7.54. The number of nitrogens with one attached hydrogen (secondary N) is 1. The summed E-state index contributed by atoms with van der Waals surface area (Å²) in [5, 5.41) is 2.50. The molecule has 0 fully saturated rings. The number of methoxy groups -OCH3 is 1. The lowest BCUT2D eigenvalue weighted by atomic mass is 10.2. The molecule has 2 aromatic carbocycles. The molecule has 154 valence electrons. The van der Waals surface area contributed by atoms with E-state index < -0.39 is 9.84 Å². The number of carbonyl (C=O) groups is 2. The molecule has 29 heavy (non-hydrogen) atoms. The maximum Gasteiger partial charge on any atom is 0.237 e. The van der Waals surface area contributed by atoms with Crippen molar-refractivity contribution in [2.24, 2.45) is 0 Å². The molecular weight excluding hydrogens is 412 g/mol. The summed E-state index contributed by atoms with van der Waals surface area (Å²) in [5.41, 5.74) is 1.05. The number of hydrogen-bond donors (Lipinski definition) is 1. The monoisotopic (exact) mass is 434 g/mol. The molecule has 1 heterocycles. The summed E-state index contributed by atoms with van der Waals surface area (Å²) in [6.45, 7) is 1.79. The van der Waals surface area contributed by atoms with E-state index in [1.807, 2.05) is 0 Å². The topological polar surface area (TPSA) is 92.8 Å². The van der Waals surface area contributed by atoms with Gasteiger partial charge in [-0.3, -0.25) is 9.59 Å². The van der Waals surface area contributed by atoms with Crippen molar-refractivity contribution in [2.75, 3.05) is 30.1 Å². The maximum atomic E-state index is 12.7. The average Bonchev–Trinajstić information content (AvgIpc) is 2.72. The second-order valence-electron chi connectivity index (χ2n) is 6.60. The number of carbonyl (C=O) groups excluding carboxylic acids is 2. The lowest BCUT2D eigenvalue weighted by Gasteiger charge is -2.22. The summed E-state index contributed by atoms with van der Waals surface area (Å²) in [4.78, 5) is 26.7. The first-order chi connectivity index (χ1) is 13.7. The molecule has 0 saturated heterocycles.